The van der Waals surface area contributed by atoms with Gasteiger partial charge in [0.15, 0.2) is 5.78 Å². The summed E-state index contributed by atoms with van der Waals surface area (Å²) in [5.74, 6) is 1.39. The van der Waals surface area contributed by atoms with Gasteiger partial charge in [-0.3, -0.25) is 4.79 Å². The number of benzene rings is 3. The van der Waals surface area contributed by atoms with E-state index in [2.05, 4.69) is 22.6 Å². The molecule has 4 nitrogen and oxygen atoms in total. The number of carbonyl (C=O) groups excluding carboxylic acids is 1. The number of hydrogen-bond acceptors (Lipinski definition) is 4. The van der Waals surface area contributed by atoms with Crippen molar-refractivity contribution in [1.82, 2.24) is 0 Å². The van der Waals surface area contributed by atoms with Crippen LogP contribution in [-0.4, -0.2) is 18.0 Å². The molecule has 142 valence electrons. The van der Waals surface area contributed by atoms with Gasteiger partial charge in [0.2, 0.25) is 0 Å². The van der Waals surface area contributed by atoms with Crippen molar-refractivity contribution in [3.8, 4) is 17.2 Å². The maximum Gasteiger partial charge on any atom is 0.185 e. The Labute approximate surface area is 177 Å². The van der Waals surface area contributed by atoms with E-state index in [1.54, 1.807) is 25.3 Å². The number of rotatable bonds is 7. The Bertz CT molecular complexity index is 994. The van der Waals surface area contributed by atoms with Crippen LogP contribution in [0.1, 0.15) is 21.5 Å². The molecule has 3 aromatic rings. The lowest BCUT2D eigenvalue weighted by Gasteiger charge is -2.11. The number of phenols is 1. The molecule has 0 unspecified atom stereocenters. The third-order valence-corrected chi connectivity index (χ3v) is 4.79. The van der Waals surface area contributed by atoms with E-state index in [4.69, 9.17) is 9.47 Å². The first-order chi connectivity index (χ1) is 13.5. The second-order valence-corrected chi connectivity index (χ2v) is 7.31. The van der Waals surface area contributed by atoms with Gasteiger partial charge in [0, 0.05) is 14.7 Å². The molecule has 0 bridgehead atoms. The van der Waals surface area contributed by atoms with Crippen LogP contribution in [0, 0.1) is 3.57 Å². The fraction of sp³-hybridized carbons (Fsp3) is 0.0870. The number of hydrogen-bond donors (Lipinski definition) is 1. The molecule has 0 amide bonds. The number of phenolic OH excluding ortho intramolecular Hbond substituents is 1. The molecule has 0 spiro atoms. The standard InChI is InChI=1S/C23H19IO4/c1-27-23-12-6-16(5-11-22(26)17-3-2-4-20(25)14-17)13-18(23)15-28-21-9-7-19(24)8-10-21/h2-14,25H,15H2,1H3/b11-5+. The molecule has 1 N–H and O–H groups in total. The van der Waals surface area contributed by atoms with Crippen molar-refractivity contribution in [2.45, 2.75) is 6.61 Å². The molecular weight excluding hydrogens is 467 g/mol. The minimum atomic E-state index is -0.177. The summed E-state index contributed by atoms with van der Waals surface area (Å²) in [5, 5.41) is 9.50. The zero-order valence-electron chi connectivity index (χ0n) is 15.3. The van der Waals surface area contributed by atoms with Crippen LogP contribution in [0.4, 0.5) is 0 Å². The van der Waals surface area contributed by atoms with Crippen molar-refractivity contribution in [2.24, 2.45) is 0 Å². The summed E-state index contributed by atoms with van der Waals surface area (Å²) < 4.78 is 12.4. The third kappa shape index (κ3) is 5.36. The van der Waals surface area contributed by atoms with Crippen LogP contribution in [0.2, 0.25) is 0 Å². The molecule has 5 heteroatoms. The van der Waals surface area contributed by atoms with Crippen LogP contribution in [0.5, 0.6) is 17.2 Å². The summed E-state index contributed by atoms with van der Waals surface area (Å²) in [6.45, 7) is 0.353. The van der Waals surface area contributed by atoms with E-state index >= 15 is 0 Å². The molecule has 3 rings (SSSR count). The molecule has 0 heterocycles. The lowest BCUT2D eigenvalue weighted by molar-refractivity contribution is 0.104. The SMILES string of the molecule is COc1ccc(/C=C/C(=O)c2cccc(O)c2)cc1COc1ccc(I)cc1. The first-order valence-electron chi connectivity index (χ1n) is 8.62. The van der Waals surface area contributed by atoms with Crippen molar-refractivity contribution in [2.75, 3.05) is 7.11 Å². The Morgan fingerprint density at radius 2 is 1.86 bits per heavy atom. The van der Waals surface area contributed by atoms with Crippen molar-refractivity contribution >= 4 is 34.5 Å². The average molecular weight is 486 g/mol. The highest BCUT2D eigenvalue weighted by atomic mass is 127. The van der Waals surface area contributed by atoms with Crippen molar-refractivity contribution in [3.05, 3.63) is 93.1 Å². The first-order valence-corrected chi connectivity index (χ1v) is 9.70. The Hall–Kier alpha value is -2.80. The maximum atomic E-state index is 12.3. The topological polar surface area (TPSA) is 55.8 Å². The van der Waals surface area contributed by atoms with Gasteiger partial charge in [-0.15, -0.1) is 0 Å². The van der Waals surface area contributed by atoms with Crippen LogP contribution in [0.3, 0.4) is 0 Å². The summed E-state index contributed by atoms with van der Waals surface area (Å²) in [6.07, 6.45) is 3.22. The van der Waals surface area contributed by atoms with Crippen LogP contribution < -0.4 is 9.47 Å². The molecule has 0 fully saturated rings. The zero-order chi connectivity index (χ0) is 19.9. The minimum absolute atomic E-state index is 0.0683. The van der Waals surface area contributed by atoms with Gasteiger partial charge in [0.25, 0.3) is 0 Å². The van der Waals surface area contributed by atoms with Crippen molar-refractivity contribution < 1.29 is 19.4 Å². The Kier molecular flexibility index (Phi) is 6.71. The van der Waals surface area contributed by atoms with Gasteiger partial charge in [-0.2, -0.15) is 0 Å². The van der Waals surface area contributed by atoms with Gasteiger partial charge in [-0.1, -0.05) is 24.3 Å². The summed E-state index contributed by atoms with van der Waals surface area (Å²) in [6, 6.07) is 19.8. The molecule has 0 saturated carbocycles. The molecule has 0 saturated heterocycles. The normalized spacial score (nSPS) is 10.8. The number of carbonyl (C=O) groups is 1. The zero-order valence-corrected chi connectivity index (χ0v) is 17.4. The average Bonchev–Trinajstić information content (AvgIpc) is 2.71. The molecule has 3 aromatic carbocycles. The molecule has 28 heavy (non-hydrogen) atoms. The van der Waals surface area contributed by atoms with E-state index in [9.17, 15) is 9.90 Å². The molecular formula is C23H19IO4. The highest BCUT2D eigenvalue weighted by Crippen LogP contribution is 2.23. The van der Waals surface area contributed by atoms with E-state index in [-0.39, 0.29) is 11.5 Å². The predicted octanol–water partition coefficient (Wildman–Crippen LogP) is 5.48. The first kappa shape index (κ1) is 19.9. The van der Waals surface area contributed by atoms with Gasteiger partial charge in [0.05, 0.1) is 7.11 Å². The van der Waals surface area contributed by atoms with E-state index < -0.39 is 0 Å². The fourth-order valence-corrected chi connectivity index (χ4v) is 2.99. The summed E-state index contributed by atoms with van der Waals surface area (Å²) in [5.41, 5.74) is 2.18. The molecule has 0 aliphatic heterocycles. The number of methoxy groups -OCH3 is 1. The number of allylic oxidation sites excluding steroid dienone is 1. The summed E-state index contributed by atoms with van der Waals surface area (Å²) in [7, 11) is 1.62. The highest BCUT2D eigenvalue weighted by Gasteiger charge is 2.06. The second kappa shape index (κ2) is 9.41. The fourth-order valence-electron chi connectivity index (χ4n) is 2.63. The van der Waals surface area contributed by atoms with E-state index in [0.29, 0.717) is 12.2 Å². The van der Waals surface area contributed by atoms with Crippen molar-refractivity contribution in [3.63, 3.8) is 0 Å². The van der Waals surface area contributed by atoms with E-state index in [0.717, 1.165) is 26.2 Å². The van der Waals surface area contributed by atoms with Gasteiger partial charge in [-0.25, -0.2) is 0 Å². The number of ketones is 1. The number of halogens is 1. The number of ether oxygens (including phenoxy) is 2. The Morgan fingerprint density at radius 1 is 1.07 bits per heavy atom. The monoisotopic (exact) mass is 486 g/mol. The van der Waals surface area contributed by atoms with Gasteiger partial charge in [0.1, 0.15) is 23.9 Å². The van der Waals surface area contributed by atoms with E-state index in [1.807, 2.05) is 42.5 Å². The molecule has 0 aromatic heterocycles. The van der Waals surface area contributed by atoms with Crippen molar-refractivity contribution in [1.29, 1.82) is 0 Å². The van der Waals surface area contributed by atoms with Gasteiger partial charge in [-0.05, 0) is 82.8 Å². The maximum absolute atomic E-state index is 12.3. The quantitative estimate of drug-likeness (QED) is 0.273. The van der Waals surface area contributed by atoms with Crippen LogP contribution in [0.25, 0.3) is 6.08 Å². The molecule has 0 aliphatic rings. The van der Waals surface area contributed by atoms with Gasteiger partial charge >= 0.3 is 0 Å². The van der Waals surface area contributed by atoms with Gasteiger partial charge < -0.3 is 14.6 Å². The molecule has 0 radical (unpaired) electrons. The summed E-state index contributed by atoms with van der Waals surface area (Å²) in [4.78, 5) is 12.3. The summed E-state index contributed by atoms with van der Waals surface area (Å²) >= 11 is 2.25. The number of aromatic hydroxyl groups is 1. The largest absolute Gasteiger partial charge is 0.508 e. The third-order valence-electron chi connectivity index (χ3n) is 4.07. The molecule has 0 atom stereocenters. The van der Waals surface area contributed by atoms with Crippen LogP contribution in [0.15, 0.2) is 72.8 Å². The van der Waals surface area contributed by atoms with Crippen LogP contribution >= 0.6 is 22.6 Å². The second-order valence-electron chi connectivity index (χ2n) is 6.06. The predicted molar refractivity (Wildman–Crippen MR) is 118 cm³/mol. The lowest BCUT2D eigenvalue weighted by Crippen LogP contribution is -1.99. The van der Waals surface area contributed by atoms with Crippen LogP contribution in [-0.2, 0) is 6.61 Å². The minimum Gasteiger partial charge on any atom is -0.508 e. The molecule has 0 aliphatic carbocycles. The Balaban J connectivity index is 1.74. The smallest absolute Gasteiger partial charge is 0.185 e. The lowest BCUT2D eigenvalue weighted by atomic mass is 10.1. The van der Waals surface area contributed by atoms with E-state index in [1.165, 1.54) is 18.2 Å². The highest BCUT2D eigenvalue weighted by molar-refractivity contribution is 14.1. The Morgan fingerprint density at radius 3 is 2.57 bits per heavy atom.